The fourth-order valence-electron chi connectivity index (χ4n) is 2.10. The maximum Gasteiger partial charge on any atom is 0.00735 e. The summed E-state index contributed by atoms with van der Waals surface area (Å²) < 4.78 is 0. The van der Waals surface area contributed by atoms with E-state index in [-0.39, 0.29) is 12.4 Å². The van der Waals surface area contributed by atoms with Crippen molar-refractivity contribution in [3.8, 4) is 0 Å². The molecule has 2 heteroatoms. The molecule has 0 saturated heterocycles. The first-order chi connectivity index (χ1) is 8.76. The Bertz CT molecular complexity index is 346. The molecule has 108 valence electrons. The zero-order chi connectivity index (χ0) is 13.2. The lowest BCUT2D eigenvalue weighted by atomic mass is 9.97. The standard InChI is InChI=1S/C17H27N.ClH/c1-3-5-7-12-16(14-17(18)4-2)13-15-10-8-6-9-11-15;/h6,8-11,13,17H,3-5,7,12,14,18H2,1-2H3;1H/b16-13+;. The summed E-state index contributed by atoms with van der Waals surface area (Å²) in [6.45, 7) is 4.41. The van der Waals surface area contributed by atoms with Crippen molar-refractivity contribution in [1.29, 1.82) is 0 Å². The van der Waals surface area contributed by atoms with Crippen molar-refractivity contribution >= 4 is 18.5 Å². The third kappa shape index (κ3) is 8.07. The predicted molar refractivity (Wildman–Crippen MR) is 88.7 cm³/mol. The minimum atomic E-state index is 0. The smallest absolute Gasteiger partial charge is 0.00735 e. The molecule has 19 heavy (non-hydrogen) atoms. The second-order valence-electron chi connectivity index (χ2n) is 5.04. The highest BCUT2D eigenvalue weighted by Gasteiger charge is 2.04. The number of nitrogens with two attached hydrogens (primary N) is 1. The summed E-state index contributed by atoms with van der Waals surface area (Å²) in [6, 6.07) is 10.9. The fourth-order valence-corrected chi connectivity index (χ4v) is 2.10. The second-order valence-corrected chi connectivity index (χ2v) is 5.04. The molecule has 0 aliphatic rings. The average molecular weight is 282 g/mol. The molecule has 0 aliphatic heterocycles. The summed E-state index contributed by atoms with van der Waals surface area (Å²) in [5, 5.41) is 0. The summed E-state index contributed by atoms with van der Waals surface area (Å²) in [6.07, 6.45) is 9.48. The predicted octanol–water partition coefficient (Wildman–Crippen LogP) is 5.20. The van der Waals surface area contributed by atoms with E-state index in [1.165, 1.54) is 36.8 Å². The van der Waals surface area contributed by atoms with Gasteiger partial charge in [0.05, 0.1) is 0 Å². The molecule has 1 unspecified atom stereocenters. The van der Waals surface area contributed by atoms with Crippen LogP contribution in [-0.2, 0) is 0 Å². The normalized spacial score (nSPS) is 12.9. The molecule has 0 bridgehead atoms. The Hall–Kier alpha value is -0.790. The van der Waals surface area contributed by atoms with Crippen LogP contribution in [0.2, 0.25) is 0 Å². The molecule has 1 aromatic carbocycles. The van der Waals surface area contributed by atoms with Crippen LogP contribution < -0.4 is 5.73 Å². The van der Waals surface area contributed by atoms with E-state index in [4.69, 9.17) is 5.73 Å². The monoisotopic (exact) mass is 281 g/mol. The van der Waals surface area contributed by atoms with Gasteiger partial charge in [0.2, 0.25) is 0 Å². The van der Waals surface area contributed by atoms with Crippen LogP contribution in [0, 0.1) is 0 Å². The number of rotatable bonds is 8. The Morgan fingerprint density at radius 3 is 2.42 bits per heavy atom. The summed E-state index contributed by atoms with van der Waals surface area (Å²) in [5.41, 5.74) is 8.89. The maximum absolute atomic E-state index is 6.09. The van der Waals surface area contributed by atoms with Gasteiger partial charge in [0.15, 0.2) is 0 Å². The first-order valence-corrected chi connectivity index (χ1v) is 7.26. The molecule has 0 amide bonds. The third-order valence-corrected chi connectivity index (χ3v) is 3.32. The molecule has 0 aliphatic carbocycles. The van der Waals surface area contributed by atoms with Gasteiger partial charge in [0, 0.05) is 6.04 Å². The van der Waals surface area contributed by atoms with Crippen molar-refractivity contribution in [2.45, 2.75) is 58.4 Å². The number of hydrogen-bond acceptors (Lipinski definition) is 1. The van der Waals surface area contributed by atoms with Gasteiger partial charge in [0.1, 0.15) is 0 Å². The van der Waals surface area contributed by atoms with E-state index < -0.39 is 0 Å². The van der Waals surface area contributed by atoms with E-state index in [2.05, 4.69) is 50.3 Å². The molecular weight excluding hydrogens is 254 g/mol. The molecule has 0 radical (unpaired) electrons. The van der Waals surface area contributed by atoms with Crippen molar-refractivity contribution < 1.29 is 0 Å². The van der Waals surface area contributed by atoms with E-state index in [0.29, 0.717) is 6.04 Å². The van der Waals surface area contributed by atoms with Crippen molar-refractivity contribution in [3.63, 3.8) is 0 Å². The molecule has 0 saturated carbocycles. The van der Waals surface area contributed by atoms with Gasteiger partial charge in [-0.3, -0.25) is 0 Å². The van der Waals surface area contributed by atoms with Crippen molar-refractivity contribution in [1.82, 2.24) is 0 Å². The topological polar surface area (TPSA) is 26.0 Å². The first-order valence-electron chi connectivity index (χ1n) is 7.26. The van der Waals surface area contributed by atoms with Gasteiger partial charge >= 0.3 is 0 Å². The largest absolute Gasteiger partial charge is 0.327 e. The molecule has 0 aromatic heterocycles. The number of benzene rings is 1. The summed E-state index contributed by atoms with van der Waals surface area (Å²) in [4.78, 5) is 0. The summed E-state index contributed by atoms with van der Waals surface area (Å²) in [5.74, 6) is 0. The highest BCUT2D eigenvalue weighted by molar-refractivity contribution is 5.85. The first kappa shape index (κ1) is 18.2. The Morgan fingerprint density at radius 1 is 1.16 bits per heavy atom. The molecule has 0 heterocycles. The lowest BCUT2D eigenvalue weighted by molar-refractivity contribution is 0.614. The minimum absolute atomic E-state index is 0. The van der Waals surface area contributed by atoms with E-state index in [1.54, 1.807) is 0 Å². The van der Waals surface area contributed by atoms with Gasteiger partial charge in [0.25, 0.3) is 0 Å². The van der Waals surface area contributed by atoms with E-state index in [9.17, 15) is 0 Å². The zero-order valence-corrected chi connectivity index (χ0v) is 13.1. The van der Waals surface area contributed by atoms with Gasteiger partial charge in [-0.1, -0.05) is 68.7 Å². The highest BCUT2D eigenvalue weighted by Crippen LogP contribution is 2.19. The van der Waals surface area contributed by atoms with Crippen LogP contribution in [0.15, 0.2) is 35.9 Å². The molecule has 2 N–H and O–H groups in total. The van der Waals surface area contributed by atoms with E-state index in [0.717, 1.165) is 12.8 Å². The van der Waals surface area contributed by atoms with Crippen LogP contribution in [0.1, 0.15) is 57.9 Å². The SMILES string of the molecule is CCCCC/C(=C\c1ccccc1)CC(N)CC.Cl. The molecule has 0 spiro atoms. The van der Waals surface area contributed by atoms with Crippen LogP contribution in [0.25, 0.3) is 6.08 Å². The Kier molecular flexibility index (Phi) is 10.6. The van der Waals surface area contributed by atoms with Gasteiger partial charge in [-0.15, -0.1) is 12.4 Å². The maximum atomic E-state index is 6.09. The fraction of sp³-hybridized carbons (Fsp3) is 0.529. The number of halogens is 1. The second kappa shape index (κ2) is 11.1. The third-order valence-electron chi connectivity index (χ3n) is 3.32. The zero-order valence-electron chi connectivity index (χ0n) is 12.3. The van der Waals surface area contributed by atoms with Gasteiger partial charge in [-0.25, -0.2) is 0 Å². The number of unbranched alkanes of at least 4 members (excludes halogenated alkanes) is 2. The Labute approximate surface area is 124 Å². The summed E-state index contributed by atoms with van der Waals surface area (Å²) >= 11 is 0. The molecule has 1 nitrogen and oxygen atoms in total. The van der Waals surface area contributed by atoms with Crippen molar-refractivity contribution in [2.75, 3.05) is 0 Å². The number of hydrogen-bond donors (Lipinski definition) is 1. The molecule has 1 aromatic rings. The summed E-state index contributed by atoms with van der Waals surface area (Å²) in [7, 11) is 0. The van der Waals surface area contributed by atoms with Crippen LogP contribution in [0.3, 0.4) is 0 Å². The molecule has 1 atom stereocenters. The lowest BCUT2D eigenvalue weighted by Crippen LogP contribution is -2.19. The van der Waals surface area contributed by atoms with E-state index >= 15 is 0 Å². The molecule has 1 rings (SSSR count). The molecule has 0 fully saturated rings. The highest BCUT2D eigenvalue weighted by atomic mass is 35.5. The van der Waals surface area contributed by atoms with Gasteiger partial charge in [-0.2, -0.15) is 0 Å². The van der Waals surface area contributed by atoms with Crippen molar-refractivity contribution in [2.24, 2.45) is 5.73 Å². The Morgan fingerprint density at radius 2 is 1.84 bits per heavy atom. The lowest BCUT2D eigenvalue weighted by Gasteiger charge is -2.13. The quantitative estimate of drug-likeness (QED) is 0.651. The van der Waals surface area contributed by atoms with Crippen molar-refractivity contribution in [3.05, 3.63) is 41.5 Å². The Balaban J connectivity index is 0.00000324. The van der Waals surface area contributed by atoms with E-state index in [1.807, 2.05) is 0 Å². The van der Waals surface area contributed by atoms with Gasteiger partial charge < -0.3 is 5.73 Å². The van der Waals surface area contributed by atoms with Gasteiger partial charge in [-0.05, 0) is 31.2 Å². The van der Waals surface area contributed by atoms with Crippen LogP contribution >= 0.6 is 12.4 Å². The average Bonchev–Trinajstić information content (AvgIpc) is 2.40. The minimum Gasteiger partial charge on any atom is -0.327 e. The van der Waals surface area contributed by atoms with Crippen LogP contribution in [0.4, 0.5) is 0 Å². The van der Waals surface area contributed by atoms with Crippen LogP contribution in [-0.4, -0.2) is 6.04 Å². The molecular formula is C17H28ClN. The van der Waals surface area contributed by atoms with Crippen LogP contribution in [0.5, 0.6) is 0 Å².